The standard InChI is InChI=1S/C27H28N4O6S/c1-37-25-22-23(29-24(25)26(33)28-18-12-14-30(15-13-18)38(2,35)36)19-10-6-7-11-20(19)31(27(22)34)16-21(32)17-8-4-3-5-9-17/h3-11,18,29H,12-16H2,1-2H3,(H,28,33). The molecule has 5 rings (SSSR count). The van der Waals surface area contributed by atoms with Crippen molar-refractivity contribution in [3.8, 4) is 5.75 Å². The summed E-state index contributed by atoms with van der Waals surface area (Å²) in [5.41, 5.74) is 1.15. The molecule has 198 valence electrons. The first kappa shape index (κ1) is 25.7. The number of piperidine rings is 1. The number of pyridine rings is 1. The molecule has 0 atom stereocenters. The van der Waals surface area contributed by atoms with Crippen LogP contribution >= 0.6 is 0 Å². The van der Waals surface area contributed by atoms with Gasteiger partial charge in [-0.05, 0) is 18.9 Å². The second kappa shape index (κ2) is 10.1. The molecule has 0 radical (unpaired) electrons. The van der Waals surface area contributed by atoms with Gasteiger partial charge in [0.25, 0.3) is 11.5 Å². The number of sulfonamides is 1. The number of ketones is 1. The summed E-state index contributed by atoms with van der Waals surface area (Å²) >= 11 is 0. The summed E-state index contributed by atoms with van der Waals surface area (Å²) in [6.45, 7) is 0.463. The van der Waals surface area contributed by atoms with E-state index in [0.29, 0.717) is 47.9 Å². The Morgan fingerprint density at radius 3 is 2.37 bits per heavy atom. The molecule has 2 aromatic heterocycles. The molecule has 0 aliphatic carbocycles. The molecule has 1 saturated heterocycles. The number of hydrogen-bond acceptors (Lipinski definition) is 6. The van der Waals surface area contributed by atoms with Crippen LogP contribution < -0.4 is 15.6 Å². The molecule has 0 bridgehead atoms. The lowest BCUT2D eigenvalue weighted by molar-refractivity contribution is 0.0915. The predicted molar refractivity (Wildman–Crippen MR) is 144 cm³/mol. The molecule has 4 aromatic rings. The molecule has 1 aliphatic rings. The first-order valence-corrected chi connectivity index (χ1v) is 14.1. The van der Waals surface area contributed by atoms with E-state index in [0.717, 1.165) is 0 Å². The highest BCUT2D eigenvalue weighted by Gasteiger charge is 2.29. The average Bonchev–Trinajstić information content (AvgIpc) is 3.31. The number of nitrogens with one attached hydrogen (secondary N) is 2. The zero-order valence-corrected chi connectivity index (χ0v) is 21.9. The van der Waals surface area contributed by atoms with Crippen LogP contribution in [0.4, 0.5) is 0 Å². The van der Waals surface area contributed by atoms with Gasteiger partial charge in [0.2, 0.25) is 10.0 Å². The van der Waals surface area contributed by atoms with Gasteiger partial charge >= 0.3 is 0 Å². The number of hydrogen-bond donors (Lipinski definition) is 2. The van der Waals surface area contributed by atoms with Crippen LogP contribution in [0.25, 0.3) is 21.8 Å². The fraction of sp³-hybridized carbons (Fsp3) is 0.296. The van der Waals surface area contributed by atoms with Crippen molar-refractivity contribution in [2.24, 2.45) is 0 Å². The van der Waals surface area contributed by atoms with Crippen LogP contribution in [0.1, 0.15) is 33.7 Å². The third kappa shape index (κ3) is 4.70. The van der Waals surface area contributed by atoms with Gasteiger partial charge in [-0.1, -0.05) is 48.5 Å². The zero-order chi connectivity index (χ0) is 27.0. The second-order valence-corrected chi connectivity index (χ2v) is 11.4. The van der Waals surface area contributed by atoms with E-state index in [-0.39, 0.29) is 35.2 Å². The fourth-order valence-electron chi connectivity index (χ4n) is 5.02. The summed E-state index contributed by atoms with van der Waals surface area (Å²) in [4.78, 5) is 43.2. The molecule has 0 spiro atoms. The number of aromatic nitrogens is 2. The Morgan fingerprint density at radius 2 is 1.71 bits per heavy atom. The van der Waals surface area contributed by atoms with Crippen molar-refractivity contribution < 1.29 is 22.7 Å². The van der Waals surface area contributed by atoms with E-state index in [1.165, 1.54) is 22.2 Å². The zero-order valence-electron chi connectivity index (χ0n) is 21.1. The Labute approximate surface area is 219 Å². The number of methoxy groups -OCH3 is 1. The van der Waals surface area contributed by atoms with E-state index in [4.69, 9.17) is 4.74 Å². The number of Topliss-reactive ketones (excluding diaryl/α,β-unsaturated/α-hetero) is 1. The number of aromatic amines is 1. The minimum atomic E-state index is -3.28. The Morgan fingerprint density at radius 1 is 1.05 bits per heavy atom. The lowest BCUT2D eigenvalue weighted by atomic mass is 10.1. The van der Waals surface area contributed by atoms with Crippen molar-refractivity contribution in [1.29, 1.82) is 0 Å². The molecular weight excluding hydrogens is 508 g/mol. The van der Waals surface area contributed by atoms with Crippen molar-refractivity contribution in [2.75, 3.05) is 26.5 Å². The van der Waals surface area contributed by atoms with E-state index in [9.17, 15) is 22.8 Å². The highest BCUT2D eigenvalue weighted by molar-refractivity contribution is 7.88. The van der Waals surface area contributed by atoms with Crippen molar-refractivity contribution in [1.82, 2.24) is 19.2 Å². The minimum Gasteiger partial charge on any atom is -0.493 e. The van der Waals surface area contributed by atoms with Gasteiger partial charge in [-0.25, -0.2) is 12.7 Å². The normalized spacial score (nSPS) is 15.1. The fourth-order valence-corrected chi connectivity index (χ4v) is 5.90. The Hall–Kier alpha value is -3.96. The van der Waals surface area contributed by atoms with Crippen LogP contribution in [0.3, 0.4) is 0 Å². The Balaban J connectivity index is 1.53. The molecule has 2 aromatic carbocycles. The number of H-pyrrole nitrogens is 1. The van der Waals surface area contributed by atoms with Gasteiger partial charge in [-0.2, -0.15) is 0 Å². The highest BCUT2D eigenvalue weighted by Crippen LogP contribution is 2.32. The van der Waals surface area contributed by atoms with Crippen molar-refractivity contribution >= 4 is 43.5 Å². The summed E-state index contributed by atoms with van der Waals surface area (Å²) in [6, 6.07) is 15.7. The summed E-state index contributed by atoms with van der Waals surface area (Å²) in [7, 11) is -1.89. The van der Waals surface area contributed by atoms with E-state index in [1.807, 2.05) is 18.2 Å². The number of ether oxygens (including phenoxy) is 1. The third-order valence-corrected chi connectivity index (χ3v) is 8.27. The molecule has 0 unspecified atom stereocenters. The number of para-hydroxylation sites is 1. The summed E-state index contributed by atoms with van der Waals surface area (Å²) in [5.74, 6) is -0.570. The molecular formula is C27H28N4O6S. The van der Waals surface area contributed by atoms with E-state index in [1.54, 1.807) is 36.4 Å². The van der Waals surface area contributed by atoms with E-state index < -0.39 is 21.5 Å². The SMILES string of the molecule is COc1c(C(=O)NC2CCN(S(C)(=O)=O)CC2)[nH]c2c1c(=O)n(CC(=O)c1ccccc1)c1ccccc21. The van der Waals surface area contributed by atoms with E-state index in [2.05, 4.69) is 10.3 Å². The van der Waals surface area contributed by atoms with Gasteiger partial charge in [0, 0.05) is 30.1 Å². The van der Waals surface area contributed by atoms with Gasteiger partial charge in [0.05, 0.1) is 30.9 Å². The molecule has 0 saturated carbocycles. The third-order valence-electron chi connectivity index (χ3n) is 6.96. The van der Waals surface area contributed by atoms with Crippen molar-refractivity contribution in [3.63, 3.8) is 0 Å². The summed E-state index contributed by atoms with van der Waals surface area (Å²) in [6.07, 6.45) is 2.11. The van der Waals surface area contributed by atoms with Crippen molar-refractivity contribution in [2.45, 2.75) is 25.4 Å². The van der Waals surface area contributed by atoms with Crippen LogP contribution in [0.15, 0.2) is 59.4 Å². The lowest BCUT2D eigenvalue weighted by Crippen LogP contribution is -2.46. The number of rotatable bonds is 7. The smallest absolute Gasteiger partial charge is 0.271 e. The van der Waals surface area contributed by atoms with Gasteiger partial charge in [-0.3, -0.25) is 19.0 Å². The maximum atomic E-state index is 13.8. The maximum absolute atomic E-state index is 13.8. The summed E-state index contributed by atoms with van der Waals surface area (Å²) < 4.78 is 32.0. The second-order valence-electron chi connectivity index (χ2n) is 9.39. The van der Waals surface area contributed by atoms with Crippen LogP contribution in [0, 0.1) is 0 Å². The number of carbonyl (C=O) groups is 2. The van der Waals surface area contributed by atoms with Gasteiger partial charge in [0.1, 0.15) is 11.1 Å². The van der Waals surface area contributed by atoms with Crippen LogP contribution in [-0.4, -0.2) is 66.5 Å². The number of carbonyl (C=O) groups excluding carboxylic acids is 2. The van der Waals surface area contributed by atoms with Crippen LogP contribution in [0.2, 0.25) is 0 Å². The molecule has 2 N–H and O–H groups in total. The molecule has 1 amide bonds. The van der Waals surface area contributed by atoms with Gasteiger partial charge in [0.15, 0.2) is 11.5 Å². The minimum absolute atomic E-state index is 0.0995. The molecule has 3 heterocycles. The number of fused-ring (bicyclic) bond motifs is 3. The maximum Gasteiger partial charge on any atom is 0.271 e. The molecule has 1 aliphatic heterocycles. The molecule has 10 nitrogen and oxygen atoms in total. The molecule has 38 heavy (non-hydrogen) atoms. The number of benzene rings is 2. The largest absolute Gasteiger partial charge is 0.493 e. The monoisotopic (exact) mass is 536 g/mol. The first-order chi connectivity index (χ1) is 18.2. The van der Waals surface area contributed by atoms with Crippen molar-refractivity contribution in [3.05, 3.63) is 76.2 Å². The quantitative estimate of drug-likeness (QED) is 0.349. The average molecular weight is 537 g/mol. The molecule has 1 fully saturated rings. The van der Waals surface area contributed by atoms with Crippen LogP contribution in [-0.2, 0) is 16.6 Å². The highest BCUT2D eigenvalue weighted by atomic mass is 32.2. The predicted octanol–water partition coefficient (Wildman–Crippen LogP) is 2.53. The first-order valence-electron chi connectivity index (χ1n) is 12.2. The Bertz CT molecular complexity index is 1700. The van der Waals surface area contributed by atoms with E-state index >= 15 is 0 Å². The van der Waals surface area contributed by atoms with Gasteiger partial charge in [-0.15, -0.1) is 0 Å². The van der Waals surface area contributed by atoms with Gasteiger partial charge < -0.3 is 15.0 Å². The Kier molecular flexibility index (Phi) is 6.80. The number of amides is 1. The lowest BCUT2D eigenvalue weighted by Gasteiger charge is -2.30. The summed E-state index contributed by atoms with van der Waals surface area (Å²) in [5, 5.41) is 3.80. The van der Waals surface area contributed by atoms with Crippen LogP contribution in [0.5, 0.6) is 5.75 Å². The molecule has 11 heteroatoms. The number of nitrogens with zero attached hydrogens (tertiary/aromatic N) is 2. The topological polar surface area (TPSA) is 131 Å².